The van der Waals surface area contributed by atoms with Crippen molar-refractivity contribution in [1.29, 1.82) is 0 Å². The maximum atomic E-state index is 12.0. The van der Waals surface area contributed by atoms with Crippen molar-refractivity contribution in [1.82, 2.24) is 0 Å². The van der Waals surface area contributed by atoms with Crippen LogP contribution in [0.5, 0.6) is 0 Å². The summed E-state index contributed by atoms with van der Waals surface area (Å²) in [6.45, 7) is 6.24. The van der Waals surface area contributed by atoms with Crippen LogP contribution in [0.25, 0.3) is 0 Å². The quantitative estimate of drug-likeness (QED) is 0.176. The van der Waals surface area contributed by atoms with Crippen molar-refractivity contribution in [2.75, 3.05) is 6.79 Å². The molecule has 8 nitrogen and oxygen atoms in total. The molecule has 0 aromatic heterocycles. The highest BCUT2D eigenvalue weighted by atomic mass is 16.7. The first-order chi connectivity index (χ1) is 16.0. The monoisotopic (exact) mass is 452 g/mol. The second kappa shape index (κ2) is 13.3. The van der Waals surface area contributed by atoms with Crippen molar-refractivity contribution >= 4 is 23.9 Å². The predicted octanol–water partition coefficient (Wildman–Crippen LogP) is 3.75. The Morgan fingerprint density at radius 2 is 1.00 bits per heavy atom. The van der Waals surface area contributed by atoms with E-state index in [1.807, 2.05) is 0 Å². The highest BCUT2D eigenvalue weighted by Crippen LogP contribution is 2.22. The average Bonchev–Trinajstić information content (AvgIpc) is 2.84. The molecule has 2 aromatic rings. The molecule has 0 saturated heterocycles. The Morgan fingerprint density at radius 1 is 0.636 bits per heavy atom. The van der Waals surface area contributed by atoms with Crippen molar-refractivity contribution in [3.63, 3.8) is 0 Å². The van der Waals surface area contributed by atoms with E-state index in [0.29, 0.717) is 11.1 Å². The summed E-state index contributed by atoms with van der Waals surface area (Å²) in [5.74, 6) is -5.32. The lowest BCUT2D eigenvalue weighted by atomic mass is 10.1. The molecule has 0 heterocycles. The SMILES string of the molecule is C=CCC(OC(=O)C(=O)OCOC(=O)C(=O)OC(CC=C)c1ccccc1)c1ccccc1. The van der Waals surface area contributed by atoms with Crippen molar-refractivity contribution < 1.29 is 38.1 Å². The highest BCUT2D eigenvalue weighted by molar-refractivity contribution is 6.30. The third-order valence-electron chi connectivity index (χ3n) is 4.32. The summed E-state index contributed by atoms with van der Waals surface area (Å²) in [6.07, 6.45) is 2.16. The number of ether oxygens (including phenoxy) is 4. The summed E-state index contributed by atoms with van der Waals surface area (Å²) in [4.78, 5) is 47.8. The molecule has 33 heavy (non-hydrogen) atoms. The number of hydrogen-bond acceptors (Lipinski definition) is 8. The first-order valence-corrected chi connectivity index (χ1v) is 10.0. The normalized spacial score (nSPS) is 11.9. The standard InChI is InChI=1S/C25H24O8/c1-3-11-20(18-13-7-5-8-14-18)32-24(28)22(26)30-17-31-23(27)25(29)33-21(12-4-2)19-15-9-6-10-16-19/h3-10,13-16,20-21H,1-2,11-12,17H2. The van der Waals surface area contributed by atoms with Crippen molar-refractivity contribution in [2.24, 2.45) is 0 Å². The van der Waals surface area contributed by atoms with Gasteiger partial charge in [-0.25, -0.2) is 19.2 Å². The minimum absolute atomic E-state index is 0.275. The van der Waals surface area contributed by atoms with E-state index in [1.165, 1.54) is 0 Å². The van der Waals surface area contributed by atoms with E-state index in [1.54, 1.807) is 72.8 Å². The third kappa shape index (κ3) is 8.10. The van der Waals surface area contributed by atoms with Crippen LogP contribution in [-0.2, 0) is 38.1 Å². The van der Waals surface area contributed by atoms with Gasteiger partial charge in [0.05, 0.1) is 0 Å². The van der Waals surface area contributed by atoms with E-state index in [-0.39, 0.29) is 12.8 Å². The first kappa shape index (κ1) is 25.1. The van der Waals surface area contributed by atoms with Crippen LogP contribution in [0.15, 0.2) is 86.0 Å². The van der Waals surface area contributed by atoms with Gasteiger partial charge in [0, 0.05) is 12.8 Å². The molecule has 172 valence electrons. The van der Waals surface area contributed by atoms with Crippen LogP contribution in [0.2, 0.25) is 0 Å². The summed E-state index contributed by atoms with van der Waals surface area (Å²) in [6, 6.07) is 17.5. The summed E-state index contributed by atoms with van der Waals surface area (Å²) >= 11 is 0. The topological polar surface area (TPSA) is 105 Å². The lowest BCUT2D eigenvalue weighted by Gasteiger charge is -2.17. The zero-order valence-corrected chi connectivity index (χ0v) is 17.9. The zero-order chi connectivity index (χ0) is 24.1. The van der Waals surface area contributed by atoms with Crippen LogP contribution >= 0.6 is 0 Å². The molecule has 0 amide bonds. The van der Waals surface area contributed by atoms with Gasteiger partial charge < -0.3 is 18.9 Å². The lowest BCUT2D eigenvalue weighted by Crippen LogP contribution is -2.27. The Hall–Kier alpha value is -4.20. The van der Waals surface area contributed by atoms with Gasteiger partial charge in [0.1, 0.15) is 12.2 Å². The number of benzene rings is 2. The third-order valence-corrected chi connectivity index (χ3v) is 4.32. The molecule has 0 fully saturated rings. The molecule has 2 rings (SSSR count). The summed E-state index contributed by atoms with van der Waals surface area (Å²) in [5, 5.41) is 0. The molecule has 0 radical (unpaired) electrons. The van der Waals surface area contributed by atoms with Crippen LogP contribution in [0.4, 0.5) is 0 Å². The van der Waals surface area contributed by atoms with Gasteiger partial charge in [0.25, 0.3) is 0 Å². The summed E-state index contributed by atoms with van der Waals surface area (Å²) < 4.78 is 19.4. The molecule has 2 aromatic carbocycles. The van der Waals surface area contributed by atoms with Crippen molar-refractivity contribution in [3.8, 4) is 0 Å². The zero-order valence-electron chi connectivity index (χ0n) is 17.9. The van der Waals surface area contributed by atoms with Gasteiger partial charge in [0.15, 0.2) is 0 Å². The Balaban J connectivity index is 1.82. The second-order valence-corrected chi connectivity index (χ2v) is 6.64. The molecule has 8 heteroatoms. The van der Waals surface area contributed by atoms with Crippen LogP contribution < -0.4 is 0 Å². The Kier molecular flexibility index (Phi) is 10.1. The maximum Gasteiger partial charge on any atom is 0.420 e. The van der Waals surface area contributed by atoms with E-state index in [0.717, 1.165) is 0 Å². The van der Waals surface area contributed by atoms with Gasteiger partial charge in [-0.15, -0.1) is 13.2 Å². The maximum absolute atomic E-state index is 12.0. The Bertz CT molecular complexity index is 889. The minimum Gasteiger partial charge on any atom is -0.449 e. The molecule has 2 atom stereocenters. The first-order valence-electron chi connectivity index (χ1n) is 10.0. The molecule has 0 N–H and O–H groups in total. The molecule has 0 spiro atoms. The number of carbonyl (C=O) groups is 4. The average molecular weight is 452 g/mol. The summed E-state index contributed by atoms with van der Waals surface area (Å²) in [7, 11) is 0. The second-order valence-electron chi connectivity index (χ2n) is 6.64. The summed E-state index contributed by atoms with van der Waals surface area (Å²) in [5.41, 5.74) is 1.33. The number of rotatable bonds is 10. The molecular formula is C25H24O8. The fourth-order valence-corrected chi connectivity index (χ4v) is 2.75. The van der Waals surface area contributed by atoms with Crippen molar-refractivity contribution in [2.45, 2.75) is 25.0 Å². The number of esters is 4. The van der Waals surface area contributed by atoms with Gasteiger partial charge in [-0.3, -0.25) is 0 Å². The molecule has 0 saturated carbocycles. The molecule has 0 bridgehead atoms. The van der Waals surface area contributed by atoms with Crippen molar-refractivity contribution in [3.05, 3.63) is 97.1 Å². The molecule has 0 aliphatic rings. The molecular weight excluding hydrogens is 428 g/mol. The van der Waals surface area contributed by atoms with E-state index < -0.39 is 42.9 Å². The van der Waals surface area contributed by atoms with Gasteiger partial charge in [-0.2, -0.15) is 0 Å². The van der Waals surface area contributed by atoms with Crippen LogP contribution in [0.3, 0.4) is 0 Å². The van der Waals surface area contributed by atoms with Crippen LogP contribution in [0.1, 0.15) is 36.2 Å². The minimum atomic E-state index is -1.38. The van der Waals surface area contributed by atoms with Crippen LogP contribution in [-0.4, -0.2) is 30.7 Å². The van der Waals surface area contributed by atoms with Gasteiger partial charge >= 0.3 is 23.9 Å². The number of hydrogen-bond donors (Lipinski definition) is 0. The Labute approximate surface area is 191 Å². The highest BCUT2D eigenvalue weighted by Gasteiger charge is 2.26. The lowest BCUT2D eigenvalue weighted by molar-refractivity contribution is -0.186. The van der Waals surface area contributed by atoms with E-state index in [2.05, 4.69) is 22.6 Å². The van der Waals surface area contributed by atoms with Gasteiger partial charge in [-0.1, -0.05) is 72.8 Å². The van der Waals surface area contributed by atoms with Crippen LogP contribution in [0, 0.1) is 0 Å². The molecule has 2 unspecified atom stereocenters. The van der Waals surface area contributed by atoms with E-state index >= 15 is 0 Å². The molecule has 0 aliphatic carbocycles. The predicted molar refractivity (Wildman–Crippen MR) is 117 cm³/mol. The van der Waals surface area contributed by atoms with Gasteiger partial charge in [-0.05, 0) is 11.1 Å². The Morgan fingerprint density at radius 3 is 1.33 bits per heavy atom. The number of carbonyl (C=O) groups excluding carboxylic acids is 4. The van der Waals surface area contributed by atoms with E-state index in [9.17, 15) is 19.2 Å². The fraction of sp³-hybridized carbons (Fsp3) is 0.200. The fourth-order valence-electron chi connectivity index (χ4n) is 2.75. The smallest absolute Gasteiger partial charge is 0.420 e. The van der Waals surface area contributed by atoms with Gasteiger partial charge in [0.2, 0.25) is 6.79 Å². The molecule has 0 aliphatic heterocycles. The largest absolute Gasteiger partial charge is 0.449 e. The van der Waals surface area contributed by atoms with E-state index in [4.69, 9.17) is 9.47 Å².